The summed E-state index contributed by atoms with van der Waals surface area (Å²) in [6.45, 7) is 1.49. The highest BCUT2D eigenvalue weighted by molar-refractivity contribution is 6.37. The van der Waals surface area contributed by atoms with Crippen molar-refractivity contribution in [3.63, 3.8) is 0 Å². The van der Waals surface area contributed by atoms with Gasteiger partial charge in [-0.15, -0.1) is 0 Å². The van der Waals surface area contributed by atoms with E-state index in [2.05, 4.69) is 10.3 Å². The summed E-state index contributed by atoms with van der Waals surface area (Å²) in [6, 6.07) is 3.88. The average molecular weight is 434 g/mol. The van der Waals surface area contributed by atoms with Crippen molar-refractivity contribution in [1.29, 1.82) is 0 Å². The van der Waals surface area contributed by atoms with E-state index >= 15 is 0 Å². The molecule has 0 saturated carbocycles. The molecule has 0 aliphatic carbocycles. The first-order valence-electron chi connectivity index (χ1n) is 8.09. The van der Waals surface area contributed by atoms with Crippen LogP contribution in [0.4, 0.5) is 14.6 Å². The number of aromatic nitrogens is 2. The van der Waals surface area contributed by atoms with Crippen LogP contribution in [0.15, 0.2) is 29.2 Å². The number of carbonyl (C=O) groups is 1. The molecule has 1 aliphatic rings. The smallest absolute Gasteiger partial charge is 0.351 e. The Bertz CT molecular complexity index is 960. The fourth-order valence-electron chi connectivity index (χ4n) is 2.86. The molecule has 28 heavy (non-hydrogen) atoms. The molecule has 1 saturated heterocycles. The first-order valence-corrected chi connectivity index (χ1v) is 8.85. The van der Waals surface area contributed by atoms with Gasteiger partial charge in [0.05, 0.1) is 23.3 Å². The van der Waals surface area contributed by atoms with Gasteiger partial charge in [-0.3, -0.25) is 9.36 Å². The number of rotatable bonds is 4. The van der Waals surface area contributed by atoms with E-state index in [-0.39, 0.29) is 27.2 Å². The number of carbonyl (C=O) groups excluding carboxylic acids is 1. The standard InChI is InChI=1S/C17H15Cl2F2N3O4/c1-8-7-17(20,21)15(28-8)24-4-3-12(23-16(24)26)22-14(25)9-5-10(18)13(27-2)11(19)6-9/h3-6,8,15H,7H2,1-2H3,(H,22,23,25,26). The van der Waals surface area contributed by atoms with Crippen LogP contribution in [0.3, 0.4) is 0 Å². The summed E-state index contributed by atoms with van der Waals surface area (Å²) in [4.78, 5) is 28.1. The summed E-state index contributed by atoms with van der Waals surface area (Å²) < 4.78 is 38.8. The lowest BCUT2D eigenvalue weighted by atomic mass is 10.2. The van der Waals surface area contributed by atoms with E-state index in [9.17, 15) is 18.4 Å². The molecule has 0 radical (unpaired) electrons. The third-order valence-electron chi connectivity index (χ3n) is 4.07. The maximum Gasteiger partial charge on any atom is 0.351 e. The molecule has 11 heteroatoms. The van der Waals surface area contributed by atoms with Gasteiger partial charge in [-0.1, -0.05) is 23.2 Å². The van der Waals surface area contributed by atoms with Crippen LogP contribution < -0.4 is 15.7 Å². The number of nitrogens with one attached hydrogen (secondary N) is 1. The van der Waals surface area contributed by atoms with Crippen molar-refractivity contribution in [1.82, 2.24) is 9.55 Å². The quantitative estimate of drug-likeness (QED) is 0.793. The molecule has 2 unspecified atom stereocenters. The number of hydrogen-bond donors (Lipinski definition) is 1. The number of alkyl halides is 2. The summed E-state index contributed by atoms with van der Waals surface area (Å²) in [5, 5.41) is 2.64. The van der Waals surface area contributed by atoms with Crippen molar-refractivity contribution in [2.75, 3.05) is 12.4 Å². The first-order chi connectivity index (χ1) is 13.1. The lowest BCUT2D eigenvalue weighted by Crippen LogP contribution is -2.35. The molecular weight excluding hydrogens is 419 g/mol. The van der Waals surface area contributed by atoms with E-state index < -0.39 is 36.3 Å². The Labute approximate surface area is 168 Å². The minimum Gasteiger partial charge on any atom is -0.494 e. The van der Waals surface area contributed by atoms with Gasteiger partial charge < -0.3 is 14.8 Å². The summed E-state index contributed by atoms with van der Waals surface area (Å²) in [5.74, 6) is -3.75. The summed E-state index contributed by atoms with van der Waals surface area (Å²) >= 11 is 12.0. The molecule has 2 heterocycles. The Hall–Kier alpha value is -2.23. The van der Waals surface area contributed by atoms with Crippen LogP contribution >= 0.6 is 23.2 Å². The lowest BCUT2D eigenvalue weighted by Gasteiger charge is -2.19. The van der Waals surface area contributed by atoms with E-state index in [0.717, 1.165) is 6.20 Å². The number of amides is 1. The van der Waals surface area contributed by atoms with Crippen molar-refractivity contribution in [2.24, 2.45) is 0 Å². The molecule has 2 aromatic rings. The van der Waals surface area contributed by atoms with Crippen molar-refractivity contribution in [3.05, 3.63) is 50.5 Å². The number of ether oxygens (including phenoxy) is 2. The van der Waals surface area contributed by atoms with Crippen molar-refractivity contribution < 1.29 is 23.0 Å². The molecule has 1 amide bonds. The molecule has 1 aromatic heterocycles. The predicted octanol–water partition coefficient (Wildman–Crippen LogP) is 3.75. The van der Waals surface area contributed by atoms with Gasteiger partial charge in [0, 0.05) is 18.2 Å². The molecule has 150 valence electrons. The van der Waals surface area contributed by atoms with Gasteiger partial charge >= 0.3 is 5.69 Å². The van der Waals surface area contributed by atoms with Crippen LogP contribution in [-0.2, 0) is 4.74 Å². The van der Waals surface area contributed by atoms with Gasteiger partial charge in [-0.25, -0.2) is 13.6 Å². The second-order valence-corrected chi connectivity index (χ2v) is 7.01. The van der Waals surface area contributed by atoms with E-state index in [4.69, 9.17) is 32.7 Å². The van der Waals surface area contributed by atoms with Crippen molar-refractivity contribution >= 4 is 34.9 Å². The van der Waals surface area contributed by atoms with Crippen LogP contribution in [0.1, 0.15) is 29.9 Å². The van der Waals surface area contributed by atoms with E-state index in [1.165, 1.54) is 32.2 Å². The number of methoxy groups -OCH3 is 1. The zero-order valence-corrected chi connectivity index (χ0v) is 16.2. The summed E-state index contributed by atoms with van der Waals surface area (Å²) in [7, 11) is 1.38. The number of hydrogen-bond acceptors (Lipinski definition) is 5. The molecule has 0 bridgehead atoms. The molecule has 7 nitrogen and oxygen atoms in total. The Morgan fingerprint density at radius 2 is 2.04 bits per heavy atom. The third kappa shape index (κ3) is 3.96. The largest absolute Gasteiger partial charge is 0.494 e. The van der Waals surface area contributed by atoms with Gasteiger partial charge in [0.2, 0.25) is 6.23 Å². The van der Waals surface area contributed by atoms with Gasteiger partial charge in [0.25, 0.3) is 11.8 Å². The van der Waals surface area contributed by atoms with Gasteiger partial charge in [-0.2, -0.15) is 4.98 Å². The topological polar surface area (TPSA) is 82.5 Å². The van der Waals surface area contributed by atoms with Crippen LogP contribution in [0.5, 0.6) is 5.75 Å². The molecule has 3 rings (SSSR count). The predicted molar refractivity (Wildman–Crippen MR) is 98.6 cm³/mol. The fourth-order valence-corrected chi connectivity index (χ4v) is 3.50. The molecule has 1 N–H and O–H groups in total. The normalized spacial score (nSPS) is 20.8. The fraction of sp³-hybridized carbons (Fsp3) is 0.353. The monoisotopic (exact) mass is 433 g/mol. The highest BCUT2D eigenvalue weighted by Crippen LogP contribution is 2.41. The molecular formula is C17H15Cl2F2N3O4. The number of nitrogens with zero attached hydrogens (tertiary/aromatic N) is 2. The van der Waals surface area contributed by atoms with E-state index in [1.54, 1.807) is 0 Å². The molecule has 2 atom stereocenters. The van der Waals surface area contributed by atoms with Crippen LogP contribution in [0, 0.1) is 0 Å². The number of halogens is 4. The Kier molecular flexibility index (Phi) is 5.60. The minimum absolute atomic E-state index is 0.0984. The van der Waals surface area contributed by atoms with Gasteiger partial charge in [0.15, 0.2) is 5.75 Å². The SMILES string of the molecule is COc1c(Cl)cc(C(=O)Nc2ccn(C3OC(C)CC3(F)F)c(=O)n2)cc1Cl. The van der Waals surface area contributed by atoms with Gasteiger partial charge in [0.1, 0.15) is 5.82 Å². The Morgan fingerprint density at radius 3 is 2.54 bits per heavy atom. The van der Waals surface area contributed by atoms with Gasteiger partial charge in [-0.05, 0) is 25.1 Å². The third-order valence-corrected chi connectivity index (χ3v) is 4.63. The highest BCUT2D eigenvalue weighted by Gasteiger charge is 2.50. The molecule has 0 spiro atoms. The van der Waals surface area contributed by atoms with Crippen molar-refractivity contribution in [2.45, 2.75) is 31.6 Å². The second-order valence-electron chi connectivity index (χ2n) is 6.19. The van der Waals surface area contributed by atoms with E-state index in [0.29, 0.717) is 4.57 Å². The van der Waals surface area contributed by atoms with Crippen LogP contribution in [0.25, 0.3) is 0 Å². The van der Waals surface area contributed by atoms with Crippen molar-refractivity contribution in [3.8, 4) is 5.75 Å². The second kappa shape index (κ2) is 7.65. The molecule has 1 aromatic carbocycles. The maximum atomic E-state index is 14.0. The minimum atomic E-state index is -3.20. The Balaban J connectivity index is 1.82. The molecule has 1 aliphatic heterocycles. The zero-order chi connectivity index (χ0) is 20.6. The van der Waals surface area contributed by atoms with Crippen LogP contribution in [0.2, 0.25) is 10.0 Å². The summed E-state index contributed by atoms with van der Waals surface area (Å²) in [6.07, 6.45) is -1.85. The number of benzene rings is 1. The lowest BCUT2D eigenvalue weighted by molar-refractivity contribution is -0.115. The number of anilines is 1. The first kappa shape index (κ1) is 20.5. The highest BCUT2D eigenvalue weighted by atomic mass is 35.5. The van der Waals surface area contributed by atoms with E-state index in [1.807, 2.05) is 0 Å². The Morgan fingerprint density at radius 1 is 1.39 bits per heavy atom. The zero-order valence-electron chi connectivity index (χ0n) is 14.7. The summed E-state index contributed by atoms with van der Waals surface area (Å²) in [5.41, 5.74) is -0.886. The molecule has 1 fully saturated rings. The van der Waals surface area contributed by atoms with Crippen LogP contribution in [-0.4, -0.2) is 34.6 Å². The average Bonchev–Trinajstić information content (AvgIpc) is 2.86. The maximum absolute atomic E-state index is 14.0.